The van der Waals surface area contributed by atoms with E-state index in [1.165, 1.54) is 5.57 Å². The van der Waals surface area contributed by atoms with E-state index in [1.54, 1.807) is 11.1 Å². The third kappa shape index (κ3) is 5.32. The van der Waals surface area contributed by atoms with Crippen LogP contribution in [-0.2, 0) is 0 Å². The van der Waals surface area contributed by atoms with E-state index in [0.29, 0.717) is 24.9 Å². The lowest BCUT2D eigenvalue weighted by molar-refractivity contribution is 0.207. The average Bonchev–Trinajstić information content (AvgIpc) is 3.08. The van der Waals surface area contributed by atoms with Crippen LogP contribution in [0, 0.1) is 13.8 Å². The second kappa shape index (κ2) is 9.34. The lowest BCUT2D eigenvalue weighted by Crippen LogP contribution is -2.39. The van der Waals surface area contributed by atoms with Crippen LogP contribution in [0.5, 0.6) is 11.6 Å². The van der Waals surface area contributed by atoms with Crippen molar-refractivity contribution < 1.29 is 14.1 Å². The first-order valence-corrected chi connectivity index (χ1v) is 10.8. The van der Waals surface area contributed by atoms with Crippen LogP contribution in [0.1, 0.15) is 29.7 Å². The highest BCUT2D eigenvalue weighted by Gasteiger charge is 2.21. The number of rotatable bonds is 4. The van der Waals surface area contributed by atoms with E-state index in [0.717, 1.165) is 39.9 Å². The van der Waals surface area contributed by atoms with Crippen LogP contribution >= 0.6 is 15.9 Å². The number of benzene rings is 1. The number of amides is 2. The van der Waals surface area contributed by atoms with Gasteiger partial charge in [0.25, 0.3) is 0 Å². The van der Waals surface area contributed by atoms with Crippen molar-refractivity contribution in [1.82, 2.24) is 15.0 Å². The SMILES string of the molecule is Cc1noc(NC(=O)N2CCC(=Cc3cccc(Oc4ccc(Br)cn4)c3)CC2)c1C. The number of hydrogen-bond acceptors (Lipinski definition) is 5. The largest absolute Gasteiger partial charge is 0.439 e. The quantitative estimate of drug-likeness (QED) is 0.496. The second-order valence-corrected chi connectivity index (χ2v) is 8.35. The van der Waals surface area contributed by atoms with Gasteiger partial charge in [0.1, 0.15) is 5.75 Å². The lowest BCUT2D eigenvalue weighted by atomic mass is 10.0. The molecule has 8 heteroatoms. The van der Waals surface area contributed by atoms with Crippen LogP contribution in [0.15, 0.2) is 57.2 Å². The maximum absolute atomic E-state index is 12.5. The molecule has 1 aliphatic heterocycles. The summed E-state index contributed by atoms with van der Waals surface area (Å²) in [5.41, 5.74) is 4.00. The summed E-state index contributed by atoms with van der Waals surface area (Å²) in [6.07, 6.45) is 5.51. The van der Waals surface area contributed by atoms with Crippen LogP contribution in [0.3, 0.4) is 0 Å². The van der Waals surface area contributed by atoms with E-state index >= 15 is 0 Å². The molecule has 0 atom stereocenters. The minimum absolute atomic E-state index is 0.157. The van der Waals surface area contributed by atoms with Crippen LogP contribution < -0.4 is 10.1 Å². The number of anilines is 1. The molecule has 1 N–H and O–H groups in total. The van der Waals surface area contributed by atoms with Gasteiger partial charge in [0.2, 0.25) is 11.8 Å². The van der Waals surface area contributed by atoms with Crippen molar-refractivity contribution in [1.29, 1.82) is 0 Å². The first-order valence-electron chi connectivity index (χ1n) is 10.1. The Morgan fingerprint density at radius 2 is 2.03 bits per heavy atom. The van der Waals surface area contributed by atoms with Gasteiger partial charge < -0.3 is 14.2 Å². The minimum atomic E-state index is -0.157. The predicted molar refractivity (Wildman–Crippen MR) is 122 cm³/mol. The van der Waals surface area contributed by atoms with Gasteiger partial charge in [-0.15, -0.1) is 0 Å². The van der Waals surface area contributed by atoms with Gasteiger partial charge >= 0.3 is 6.03 Å². The number of likely N-dealkylation sites (tertiary alicyclic amines) is 1. The number of nitrogens with zero attached hydrogens (tertiary/aromatic N) is 3. The Kier molecular flexibility index (Phi) is 6.36. The van der Waals surface area contributed by atoms with E-state index in [1.807, 2.05) is 50.2 Å². The molecule has 0 bridgehead atoms. The standard InChI is InChI=1S/C23H23BrN4O3/c1-15-16(2)27-31-22(15)26-23(29)28-10-8-17(9-11-28)12-18-4-3-5-20(13-18)30-21-7-6-19(24)14-25-21/h3-7,12-14H,8-11H2,1-2H3,(H,26,29). The Balaban J connectivity index is 1.35. The molecule has 1 fully saturated rings. The van der Waals surface area contributed by atoms with Gasteiger partial charge in [-0.25, -0.2) is 9.78 Å². The molecule has 31 heavy (non-hydrogen) atoms. The predicted octanol–water partition coefficient (Wildman–Crippen LogP) is 5.95. The zero-order valence-electron chi connectivity index (χ0n) is 17.4. The monoisotopic (exact) mass is 482 g/mol. The van der Waals surface area contributed by atoms with Crippen molar-refractivity contribution in [3.63, 3.8) is 0 Å². The zero-order valence-corrected chi connectivity index (χ0v) is 19.0. The molecule has 3 aromatic rings. The summed E-state index contributed by atoms with van der Waals surface area (Å²) in [7, 11) is 0. The fourth-order valence-electron chi connectivity index (χ4n) is 3.30. The molecule has 160 valence electrons. The van der Waals surface area contributed by atoms with Crippen LogP contribution in [0.2, 0.25) is 0 Å². The number of aromatic nitrogens is 2. The maximum Gasteiger partial charge on any atom is 0.324 e. The molecule has 0 radical (unpaired) electrons. The number of ether oxygens (including phenoxy) is 1. The van der Waals surface area contributed by atoms with Crippen molar-refractivity contribution in [3.05, 3.63) is 69.5 Å². The summed E-state index contributed by atoms with van der Waals surface area (Å²) < 4.78 is 11.9. The number of aryl methyl sites for hydroxylation is 1. The molecule has 1 saturated heterocycles. The molecule has 0 aliphatic carbocycles. The Morgan fingerprint density at radius 1 is 1.23 bits per heavy atom. The fourth-order valence-corrected chi connectivity index (χ4v) is 3.53. The van der Waals surface area contributed by atoms with Crippen LogP contribution in [0.25, 0.3) is 6.08 Å². The highest BCUT2D eigenvalue weighted by Crippen LogP contribution is 2.25. The second-order valence-electron chi connectivity index (χ2n) is 7.43. The van der Waals surface area contributed by atoms with E-state index in [-0.39, 0.29) is 6.03 Å². The molecule has 4 rings (SSSR count). The maximum atomic E-state index is 12.5. The van der Waals surface area contributed by atoms with Gasteiger partial charge in [-0.1, -0.05) is 28.9 Å². The van der Waals surface area contributed by atoms with Gasteiger partial charge in [-0.05, 0) is 66.4 Å². The molecule has 1 aliphatic rings. The molecule has 7 nitrogen and oxygen atoms in total. The Labute approximate surface area is 189 Å². The molecule has 0 unspecified atom stereocenters. The minimum Gasteiger partial charge on any atom is -0.439 e. The lowest BCUT2D eigenvalue weighted by Gasteiger charge is -2.28. The summed E-state index contributed by atoms with van der Waals surface area (Å²) in [4.78, 5) is 18.6. The molecule has 1 aromatic carbocycles. The number of nitrogens with one attached hydrogen (secondary N) is 1. The van der Waals surface area contributed by atoms with Crippen molar-refractivity contribution >= 4 is 33.9 Å². The molecular formula is C23H23BrN4O3. The first-order chi connectivity index (χ1) is 15.0. The number of carbonyl (C=O) groups is 1. The molecule has 2 aromatic heterocycles. The topological polar surface area (TPSA) is 80.5 Å². The van der Waals surface area contributed by atoms with Gasteiger partial charge in [-0.2, -0.15) is 0 Å². The number of halogens is 1. The van der Waals surface area contributed by atoms with E-state index in [4.69, 9.17) is 9.26 Å². The summed E-state index contributed by atoms with van der Waals surface area (Å²) >= 11 is 3.37. The third-order valence-electron chi connectivity index (χ3n) is 5.22. The molecular weight excluding hydrogens is 460 g/mol. The Morgan fingerprint density at radius 3 is 2.71 bits per heavy atom. The zero-order chi connectivity index (χ0) is 21.8. The molecule has 3 heterocycles. The van der Waals surface area contributed by atoms with Crippen molar-refractivity contribution in [2.24, 2.45) is 0 Å². The van der Waals surface area contributed by atoms with Gasteiger partial charge in [0, 0.05) is 35.4 Å². The van der Waals surface area contributed by atoms with Gasteiger partial charge in [0.05, 0.1) is 5.69 Å². The number of hydrogen-bond donors (Lipinski definition) is 1. The van der Waals surface area contributed by atoms with Crippen LogP contribution in [0.4, 0.5) is 10.7 Å². The van der Waals surface area contributed by atoms with E-state index < -0.39 is 0 Å². The highest BCUT2D eigenvalue weighted by atomic mass is 79.9. The van der Waals surface area contributed by atoms with Crippen LogP contribution in [-0.4, -0.2) is 34.2 Å². The van der Waals surface area contributed by atoms with Crippen molar-refractivity contribution in [2.75, 3.05) is 18.4 Å². The molecule has 2 amide bonds. The Bertz CT molecular complexity index is 1100. The van der Waals surface area contributed by atoms with Gasteiger partial charge in [-0.3, -0.25) is 5.32 Å². The Hall–Kier alpha value is -3.13. The van der Waals surface area contributed by atoms with E-state index in [9.17, 15) is 4.79 Å². The molecule has 0 saturated carbocycles. The fraction of sp³-hybridized carbons (Fsp3) is 0.261. The smallest absolute Gasteiger partial charge is 0.324 e. The summed E-state index contributed by atoms with van der Waals surface area (Å²) in [5, 5.41) is 6.69. The highest BCUT2D eigenvalue weighted by molar-refractivity contribution is 9.10. The van der Waals surface area contributed by atoms with Gasteiger partial charge in [0.15, 0.2) is 0 Å². The van der Waals surface area contributed by atoms with Crippen molar-refractivity contribution in [3.8, 4) is 11.6 Å². The molecule has 0 spiro atoms. The number of pyridine rings is 1. The normalized spacial score (nSPS) is 13.8. The number of carbonyl (C=O) groups excluding carboxylic acids is 1. The van der Waals surface area contributed by atoms with Crippen molar-refractivity contribution in [2.45, 2.75) is 26.7 Å². The van der Waals surface area contributed by atoms with E-state index in [2.05, 4.69) is 37.5 Å². The average molecular weight is 483 g/mol. The first kappa shape index (κ1) is 21.1. The third-order valence-corrected chi connectivity index (χ3v) is 5.69. The number of urea groups is 1. The summed E-state index contributed by atoms with van der Waals surface area (Å²) in [6, 6.07) is 11.5. The summed E-state index contributed by atoms with van der Waals surface area (Å²) in [5.74, 6) is 1.70. The number of piperidine rings is 1. The summed E-state index contributed by atoms with van der Waals surface area (Å²) in [6.45, 7) is 5.04.